The van der Waals surface area contributed by atoms with Gasteiger partial charge in [-0.25, -0.2) is 4.39 Å². The molecule has 54 heavy (non-hydrogen) atoms. The van der Waals surface area contributed by atoms with Crippen LogP contribution < -0.4 is 9.64 Å². The van der Waals surface area contributed by atoms with Crippen LogP contribution in [0.5, 0.6) is 5.75 Å². The minimum absolute atomic E-state index is 0.00490. The van der Waals surface area contributed by atoms with Crippen molar-refractivity contribution in [2.24, 2.45) is 5.92 Å². The van der Waals surface area contributed by atoms with E-state index in [-0.39, 0.29) is 29.6 Å². The summed E-state index contributed by atoms with van der Waals surface area (Å²) in [6, 6.07) is 41.6. The molecule has 278 valence electrons. The number of benzene rings is 5. The molecular weight excluding hydrogens is 678 g/mol. The Bertz CT molecular complexity index is 1950. The molecule has 0 aromatic heterocycles. The van der Waals surface area contributed by atoms with Gasteiger partial charge in [0.15, 0.2) is 0 Å². The van der Waals surface area contributed by atoms with Crippen LogP contribution in [0.3, 0.4) is 0 Å². The highest BCUT2D eigenvalue weighted by Crippen LogP contribution is 2.33. The first-order valence-corrected chi connectivity index (χ1v) is 19.1. The van der Waals surface area contributed by atoms with E-state index in [9.17, 15) is 14.0 Å². The zero-order chi connectivity index (χ0) is 37.1. The second-order valence-corrected chi connectivity index (χ2v) is 14.3. The molecule has 1 aliphatic heterocycles. The molecule has 1 aliphatic carbocycles. The highest BCUT2D eigenvalue weighted by molar-refractivity contribution is 6.06. The summed E-state index contributed by atoms with van der Waals surface area (Å²) in [5.41, 5.74) is 5.06. The standard InChI is InChI=1S/C46H48FN3O4/c47-41-23-21-40(22-24-41)46(52)50(43-15-8-16-44(32-43)54-30-27-48-25-28-53-29-26-48)34-36-11-7-14-42(31-36)49(33-35-9-3-1-4-10-35)45(51)39-19-17-38(18-20-39)37-12-5-2-6-13-37/h1-6,8-10,12-13,15-24,32,36,42H,7,11,14,25-31,33-34H2. The van der Waals surface area contributed by atoms with Gasteiger partial charge in [-0.15, -0.1) is 0 Å². The van der Waals surface area contributed by atoms with Crippen molar-refractivity contribution in [3.63, 3.8) is 0 Å². The third kappa shape index (κ3) is 9.61. The highest BCUT2D eigenvalue weighted by Gasteiger charge is 2.33. The normalized spacial score (nSPS) is 17.4. The van der Waals surface area contributed by atoms with E-state index in [1.54, 1.807) is 17.0 Å². The van der Waals surface area contributed by atoms with Gasteiger partial charge < -0.3 is 19.3 Å². The number of carbonyl (C=O) groups excluding carboxylic acids is 2. The van der Waals surface area contributed by atoms with Crippen LogP contribution >= 0.6 is 0 Å². The molecule has 0 spiro atoms. The summed E-state index contributed by atoms with van der Waals surface area (Å²) < 4.78 is 25.6. The van der Waals surface area contributed by atoms with Crippen LogP contribution in [0.4, 0.5) is 10.1 Å². The van der Waals surface area contributed by atoms with E-state index < -0.39 is 0 Å². The zero-order valence-corrected chi connectivity index (χ0v) is 30.7. The van der Waals surface area contributed by atoms with E-state index in [4.69, 9.17) is 9.47 Å². The predicted molar refractivity (Wildman–Crippen MR) is 211 cm³/mol. The van der Waals surface area contributed by atoms with Crippen molar-refractivity contribution in [1.82, 2.24) is 9.80 Å². The molecule has 8 heteroatoms. The van der Waals surface area contributed by atoms with E-state index in [0.717, 1.165) is 80.9 Å². The van der Waals surface area contributed by atoms with Gasteiger partial charge in [0.05, 0.1) is 13.2 Å². The van der Waals surface area contributed by atoms with Gasteiger partial charge in [-0.2, -0.15) is 0 Å². The van der Waals surface area contributed by atoms with Gasteiger partial charge >= 0.3 is 0 Å². The summed E-state index contributed by atoms with van der Waals surface area (Å²) >= 11 is 0. The molecule has 0 radical (unpaired) electrons. The zero-order valence-electron chi connectivity index (χ0n) is 30.7. The van der Waals surface area contributed by atoms with E-state index in [1.165, 1.54) is 12.1 Å². The average Bonchev–Trinajstić information content (AvgIpc) is 3.23. The number of nitrogens with zero attached hydrogens (tertiary/aromatic N) is 3. The molecule has 2 fully saturated rings. The van der Waals surface area contributed by atoms with Crippen molar-refractivity contribution >= 4 is 17.5 Å². The predicted octanol–water partition coefficient (Wildman–Crippen LogP) is 8.75. The number of anilines is 1. The van der Waals surface area contributed by atoms with E-state index in [0.29, 0.717) is 36.6 Å². The summed E-state index contributed by atoms with van der Waals surface area (Å²) in [5, 5.41) is 0. The SMILES string of the molecule is O=C(c1ccc(F)cc1)N(CC1CCCC(N(Cc2ccccc2)C(=O)c2ccc(-c3ccccc3)cc2)C1)c1cccc(OCCN2CCOCC2)c1. The molecule has 7 rings (SSSR count). The number of hydrogen-bond acceptors (Lipinski definition) is 5. The van der Waals surface area contributed by atoms with Gasteiger partial charge in [0, 0.05) is 61.6 Å². The Morgan fingerprint density at radius 1 is 0.741 bits per heavy atom. The monoisotopic (exact) mass is 725 g/mol. The van der Waals surface area contributed by atoms with E-state index >= 15 is 0 Å². The molecule has 0 bridgehead atoms. The first kappa shape index (κ1) is 37.0. The molecule has 2 unspecified atom stereocenters. The number of hydrogen-bond donors (Lipinski definition) is 0. The number of amides is 2. The fraction of sp³-hybridized carbons (Fsp3) is 0.304. The van der Waals surface area contributed by atoms with Gasteiger partial charge in [-0.3, -0.25) is 14.5 Å². The lowest BCUT2D eigenvalue weighted by molar-refractivity contribution is 0.0322. The van der Waals surface area contributed by atoms with E-state index in [1.807, 2.05) is 89.8 Å². The van der Waals surface area contributed by atoms with Crippen LogP contribution in [0.15, 0.2) is 133 Å². The second-order valence-electron chi connectivity index (χ2n) is 14.3. The molecule has 0 N–H and O–H groups in total. The number of rotatable bonds is 13. The quantitative estimate of drug-likeness (QED) is 0.122. The largest absolute Gasteiger partial charge is 0.492 e. The van der Waals surface area contributed by atoms with Crippen LogP contribution in [-0.2, 0) is 11.3 Å². The maximum atomic E-state index is 14.4. The van der Waals surface area contributed by atoms with E-state index in [2.05, 4.69) is 29.2 Å². The number of halogens is 1. The van der Waals surface area contributed by atoms with Gasteiger partial charge in [0.25, 0.3) is 11.8 Å². The van der Waals surface area contributed by atoms with Crippen molar-refractivity contribution in [1.29, 1.82) is 0 Å². The maximum absolute atomic E-state index is 14.4. The molecule has 2 aliphatic rings. The maximum Gasteiger partial charge on any atom is 0.258 e. The topological polar surface area (TPSA) is 62.3 Å². The molecule has 5 aromatic carbocycles. The summed E-state index contributed by atoms with van der Waals surface area (Å²) in [6.07, 6.45) is 3.50. The van der Waals surface area contributed by atoms with Crippen molar-refractivity contribution in [3.05, 3.63) is 156 Å². The Morgan fingerprint density at radius 3 is 2.15 bits per heavy atom. The van der Waals surface area contributed by atoms with Gasteiger partial charge in [0.1, 0.15) is 18.2 Å². The van der Waals surface area contributed by atoms with Gasteiger partial charge in [-0.1, -0.05) is 85.3 Å². The Labute approximate surface area is 317 Å². The Balaban J connectivity index is 1.11. The Morgan fingerprint density at radius 2 is 1.41 bits per heavy atom. The van der Waals surface area contributed by atoms with Crippen LogP contribution in [0, 0.1) is 11.7 Å². The summed E-state index contributed by atoms with van der Waals surface area (Å²) in [4.78, 5) is 34.8. The fourth-order valence-corrected chi connectivity index (χ4v) is 7.63. The number of ether oxygens (including phenoxy) is 2. The van der Waals surface area contributed by atoms with Crippen molar-refractivity contribution in [3.8, 4) is 16.9 Å². The molecule has 7 nitrogen and oxygen atoms in total. The first-order chi connectivity index (χ1) is 26.5. The first-order valence-electron chi connectivity index (χ1n) is 19.1. The smallest absolute Gasteiger partial charge is 0.258 e. The van der Waals surface area contributed by atoms with Gasteiger partial charge in [0.2, 0.25) is 0 Å². The minimum Gasteiger partial charge on any atom is -0.492 e. The lowest BCUT2D eigenvalue weighted by Crippen LogP contribution is -2.45. The lowest BCUT2D eigenvalue weighted by Gasteiger charge is -2.39. The van der Waals surface area contributed by atoms with Crippen LogP contribution in [0.1, 0.15) is 52.0 Å². The van der Waals surface area contributed by atoms with Crippen LogP contribution in [-0.4, -0.2) is 73.7 Å². The number of carbonyl (C=O) groups is 2. The van der Waals surface area contributed by atoms with Crippen LogP contribution in [0.2, 0.25) is 0 Å². The molecule has 1 saturated heterocycles. The third-order valence-electron chi connectivity index (χ3n) is 10.6. The summed E-state index contributed by atoms with van der Waals surface area (Å²) in [6.45, 7) is 5.53. The third-order valence-corrected chi connectivity index (χ3v) is 10.6. The second kappa shape index (κ2) is 18.1. The molecular formula is C46H48FN3O4. The summed E-state index contributed by atoms with van der Waals surface area (Å²) in [5.74, 6) is 0.244. The van der Waals surface area contributed by atoms with Crippen molar-refractivity contribution in [2.45, 2.75) is 38.3 Å². The van der Waals surface area contributed by atoms with Crippen molar-refractivity contribution < 1.29 is 23.5 Å². The highest BCUT2D eigenvalue weighted by atomic mass is 19.1. The molecule has 1 heterocycles. The average molecular weight is 726 g/mol. The molecule has 2 amide bonds. The van der Waals surface area contributed by atoms with Crippen LogP contribution in [0.25, 0.3) is 11.1 Å². The molecule has 2 atom stereocenters. The van der Waals surface area contributed by atoms with Gasteiger partial charge in [-0.05, 0) is 90.4 Å². The number of morpholine rings is 1. The molecule has 5 aromatic rings. The lowest BCUT2D eigenvalue weighted by atomic mass is 9.84. The Kier molecular flexibility index (Phi) is 12.4. The fourth-order valence-electron chi connectivity index (χ4n) is 7.63. The Hall–Kier alpha value is -5.31. The summed E-state index contributed by atoms with van der Waals surface area (Å²) in [7, 11) is 0. The van der Waals surface area contributed by atoms with Crippen molar-refractivity contribution in [2.75, 3.05) is 50.9 Å². The molecule has 1 saturated carbocycles. The minimum atomic E-state index is -0.387.